The first-order valence-corrected chi connectivity index (χ1v) is 6.48. The summed E-state index contributed by atoms with van der Waals surface area (Å²) in [6.45, 7) is 2.61. The van der Waals surface area contributed by atoms with Gasteiger partial charge >= 0.3 is 6.18 Å². The zero-order chi connectivity index (χ0) is 16.0. The molecular formula is C14H19F3N2O2. The fourth-order valence-corrected chi connectivity index (χ4v) is 1.71. The van der Waals surface area contributed by atoms with Crippen LogP contribution in [-0.4, -0.2) is 32.3 Å². The van der Waals surface area contributed by atoms with Crippen molar-refractivity contribution in [1.29, 1.82) is 0 Å². The number of alkyl halides is 3. The van der Waals surface area contributed by atoms with E-state index in [4.69, 9.17) is 4.74 Å². The molecule has 4 nitrogen and oxygen atoms in total. The maximum absolute atomic E-state index is 12.1. The Labute approximate surface area is 121 Å². The number of ether oxygens (including phenoxy) is 1. The number of rotatable bonds is 6. The van der Waals surface area contributed by atoms with Gasteiger partial charge in [0.2, 0.25) is 5.91 Å². The molecule has 0 saturated carbocycles. The van der Waals surface area contributed by atoms with Crippen LogP contribution in [0, 0.1) is 12.8 Å². The molecule has 1 atom stereocenters. The fraction of sp³-hybridized carbons (Fsp3) is 0.500. The largest absolute Gasteiger partial charge is 0.484 e. The van der Waals surface area contributed by atoms with Gasteiger partial charge in [0.25, 0.3) is 0 Å². The maximum atomic E-state index is 12.1. The van der Waals surface area contributed by atoms with Gasteiger partial charge in [-0.15, -0.1) is 0 Å². The highest BCUT2D eigenvalue weighted by Gasteiger charge is 2.28. The summed E-state index contributed by atoms with van der Waals surface area (Å²) in [5.41, 5.74) is 1.05. The average Bonchev–Trinajstić information content (AvgIpc) is 2.36. The van der Waals surface area contributed by atoms with Gasteiger partial charge in [0.15, 0.2) is 6.61 Å². The van der Waals surface area contributed by atoms with Crippen LogP contribution in [0.3, 0.4) is 0 Å². The Morgan fingerprint density at radius 2 is 2.05 bits per heavy atom. The second-order valence-corrected chi connectivity index (χ2v) is 4.83. The molecule has 0 aliphatic heterocycles. The monoisotopic (exact) mass is 304 g/mol. The topological polar surface area (TPSA) is 50.4 Å². The third kappa shape index (κ3) is 6.03. The van der Waals surface area contributed by atoms with Crippen molar-refractivity contribution >= 4 is 11.6 Å². The van der Waals surface area contributed by atoms with Crippen molar-refractivity contribution in [3.05, 3.63) is 23.8 Å². The van der Waals surface area contributed by atoms with Gasteiger partial charge in [-0.3, -0.25) is 4.79 Å². The van der Waals surface area contributed by atoms with Gasteiger partial charge in [-0.25, -0.2) is 0 Å². The highest BCUT2D eigenvalue weighted by atomic mass is 19.4. The highest BCUT2D eigenvalue weighted by Crippen LogP contribution is 2.24. The van der Waals surface area contributed by atoms with Crippen molar-refractivity contribution in [2.45, 2.75) is 20.0 Å². The highest BCUT2D eigenvalue weighted by molar-refractivity contribution is 5.92. The normalized spacial score (nSPS) is 12.9. The molecule has 0 radical (unpaired) electrons. The molecule has 1 aromatic carbocycles. The number of anilines is 1. The Hall–Kier alpha value is -1.76. The molecule has 0 aromatic heterocycles. The number of nitrogens with one attached hydrogen (secondary N) is 2. The van der Waals surface area contributed by atoms with Crippen LogP contribution in [0.4, 0.5) is 18.9 Å². The van der Waals surface area contributed by atoms with Crippen LogP contribution in [0.15, 0.2) is 18.2 Å². The predicted octanol–water partition coefficient (Wildman–Crippen LogP) is 2.73. The van der Waals surface area contributed by atoms with E-state index in [1.807, 2.05) is 0 Å². The number of halogens is 3. The van der Waals surface area contributed by atoms with Crippen LogP contribution >= 0.6 is 0 Å². The van der Waals surface area contributed by atoms with Gasteiger partial charge in [-0.05, 0) is 37.7 Å². The van der Waals surface area contributed by atoms with Gasteiger partial charge in [0.05, 0.1) is 0 Å². The zero-order valence-electron chi connectivity index (χ0n) is 12.2. The van der Waals surface area contributed by atoms with Gasteiger partial charge in [-0.1, -0.05) is 6.92 Å². The van der Waals surface area contributed by atoms with E-state index < -0.39 is 12.8 Å². The predicted molar refractivity (Wildman–Crippen MR) is 74.4 cm³/mol. The molecule has 2 N–H and O–H groups in total. The molecule has 0 fully saturated rings. The summed E-state index contributed by atoms with van der Waals surface area (Å²) in [7, 11) is 1.75. The summed E-state index contributed by atoms with van der Waals surface area (Å²) in [5.74, 6) is -0.224. The third-order valence-electron chi connectivity index (χ3n) is 2.79. The van der Waals surface area contributed by atoms with Crippen LogP contribution in [0.2, 0.25) is 0 Å². The molecule has 0 saturated heterocycles. The van der Waals surface area contributed by atoms with Crippen molar-refractivity contribution in [2.24, 2.45) is 5.92 Å². The SMILES string of the molecule is CNCC(C)C(=O)Nc1ccc(OCC(F)(F)F)c(C)c1. The van der Waals surface area contributed by atoms with E-state index in [1.165, 1.54) is 12.1 Å². The van der Waals surface area contributed by atoms with Crippen molar-refractivity contribution in [3.63, 3.8) is 0 Å². The molecule has 1 rings (SSSR count). The fourth-order valence-electron chi connectivity index (χ4n) is 1.71. The van der Waals surface area contributed by atoms with E-state index >= 15 is 0 Å². The first-order chi connectivity index (χ1) is 9.73. The molecule has 118 valence electrons. The molecule has 21 heavy (non-hydrogen) atoms. The first-order valence-electron chi connectivity index (χ1n) is 6.48. The van der Waals surface area contributed by atoms with Crippen LogP contribution in [-0.2, 0) is 4.79 Å². The summed E-state index contributed by atoms with van der Waals surface area (Å²) in [6, 6.07) is 4.51. The summed E-state index contributed by atoms with van der Waals surface area (Å²) >= 11 is 0. The Morgan fingerprint density at radius 1 is 1.38 bits per heavy atom. The van der Waals surface area contributed by atoms with Crippen LogP contribution in [0.25, 0.3) is 0 Å². The molecule has 0 aliphatic carbocycles. The Morgan fingerprint density at radius 3 is 2.57 bits per heavy atom. The number of carbonyl (C=O) groups excluding carboxylic acids is 1. The minimum Gasteiger partial charge on any atom is -0.484 e. The lowest BCUT2D eigenvalue weighted by molar-refractivity contribution is -0.153. The van der Waals surface area contributed by atoms with E-state index in [0.29, 0.717) is 17.8 Å². The van der Waals surface area contributed by atoms with Crippen LogP contribution in [0.1, 0.15) is 12.5 Å². The van der Waals surface area contributed by atoms with Crippen molar-refractivity contribution in [2.75, 3.05) is 25.5 Å². The smallest absolute Gasteiger partial charge is 0.422 e. The number of amides is 1. The van der Waals surface area contributed by atoms with Crippen LogP contribution in [0.5, 0.6) is 5.75 Å². The lowest BCUT2D eigenvalue weighted by Gasteiger charge is -2.14. The molecule has 1 amide bonds. The Balaban J connectivity index is 2.67. The zero-order valence-corrected chi connectivity index (χ0v) is 12.2. The van der Waals surface area contributed by atoms with Crippen molar-refractivity contribution in [1.82, 2.24) is 5.32 Å². The van der Waals surface area contributed by atoms with E-state index in [0.717, 1.165) is 0 Å². The van der Waals surface area contributed by atoms with Gasteiger partial charge < -0.3 is 15.4 Å². The molecule has 1 aromatic rings. The molecule has 7 heteroatoms. The summed E-state index contributed by atoms with van der Waals surface area (Å²) in [4.78, 5) is 11.8. The van der Waals surface area contributed by atoms with E-state index in [-0.39, 0.29) is 17.6 Å². The quantitative estimate of drug-likeness (QED) is 0.849. The van der Waals surface area contributed by atoms with E-state index in [1.54, 1.807) is 27.0 Å². The third-order valence-corrected chi connectivity index (χ3v) is 2.79. The van der Waals surface area contributed by atoms with Crippen LogP contribution < -0.4 is 15.4 Å². The van der Waals surface area contributed by atoms with Gasteiger partial charge in [0, 0.05) is 18.2 Å². The number of carbonyl (C=O) groups is 1. The Bertz CT molecular complexity index is 490. The second kappa shape index (κ2) is 7.31. The molecule has 0 bridgehead atoms. The summed E-state index contributed by atoms with van der Waals surface area (Å²) in [5, 5.41) is 5.61. The number of benzene rings is 1. The summed E-state index contributed by atoms with van der Waals surface area (Å²) in [6.07, 6.45) is -4.37. The number of hydrogen-bond donors (Lipinski definition) is 2. The molecule has 0 aliphatic rings. The van der Waals surface area contributed by atoms with Crippen molar-refractivity contribution in [3.8, 4) is 5.75 Å². The van der Waals surface area contributed by atoms with Crippen molar-refractivity contribution < 1.29 is 22.7 Å². The maximum Gasteiger partial charge on any atom is 0.422 e. The van der Waals surface area contributed by atoms with E-state index in [2.05, 4.69) is 10.6 Å². The molecular weight excluding hydrogens is 285 g/mol. The summed E-state index contributed by atoms with van der Waals surface area (Å²) < 4.78 is 41.0. The van der Waals surface area contributed by atoms with Gasteiger partial charge in [-0.2, -0.15) is 13.2 Å². The Kier molecular flexibility index (Phi) is 6.02. The average molecular weight is 304 g/mol. The molecule has 0 heterocycles. The lowest BCUT2D eigenvalue weighted by Crippen LogP contribution is -2.28. The standard InChI is InChI=1S/C14H19F3N2O2/c1-9-6-11(19-13(20)10(2)7-18-3)4-5-12(9)21-8-14(15,16)17/h4-6,10,18H,7-8H2,1-3H3,(H,19,20). The van der Waals surface area contributed by atoms with Gasteiger partial charge in [0.1, 0.15) is 5.75 Å². The molecule has 0 spiro atoms. The first kappa shape index (κ1) is 17.3. The second-order valence-electron chi connectivity index (χ2n) is 4.83. The number of aryl methyl sites for hydroxylation is 1. The lowest BCUT2D eigenvalue weighted by atomic mass is 10.1. The van der Waals surface area contributed by atoms with E-state index in [9.17, 15) is 18.0 Å². The minimum absolute atomic E-state index is 0.147. The minimum atomic E-state index is -4.37. The molecule has 1 unspecified atom stereocenters. The number of hydrogen-bond acceptors (Lipinski definition) is 3.